The zero-order valence-electron chi connectivity index (χ0n) is 15.2. The minimum absolute atomic E-state index is 0.0107. The van der Waals surface area contributed by atoms with Gasteiger partial charge in [-0.25, -0.2) is 0 Å². The first kappa shape index (κ1) is 19.4. The molecule has 0 saturated heterocycles. The van der Waals surface area contributed by atoms with Gasteiger partial charge in [0, 0.05) is 6.42 Å². The summed E-state index contributed by atoms with van der Waals surface area (Å²) in [4.78, 5) is 25.1. The van der Waals surface area contributed by atoms with E-state index in [1.165, 1.54) is 0 Å². The van der Waals surface area contributed by atoms with Gasteiger partial charge >= 0.3 is 5.97 Å². The summed E-state index contributed by atoms with van der Waals surface area (Å²) in [7, 11) is -2.01. The van der Waals surface area contributed by atoms with Crippen LogP contribution in [0.5, 0.6) is 0 Å². The molecule has 2 atom stereocenters. The van der Waals surface area contributed by atoms with Crippen molar-refractivity contribution in [3.8, 4) is 0 Å². The lowest BCUT2D eigenvalue weighted by Gasteiger charge is -2.41. The zero-order chi connectivity index (χ0) is 17.2. The minimum Gasteiger partial charge on any atom is -0.465 e. The van der Waals surface area contributed by atoms with Crippen LogP contribution in [0, 0.1) is 11.3 Å². The van der Waals surface area contributed by atoms with E-state index in [2.05, 4.69) is 40.8 Å². The fourth-order valence-corrected chi connectivity index (χ4v) is 3.50. The highest BCUT2D eigenvalue weighted by Gasteiger charge is 2.51. The molecule has 5 heteroatoms. The van der Waals surface area contributed by atoms with E-state index in [0.29, 0.717) is 25.4 Å². The minimum atomic E-state index is -2.01. The van der Waals surface area contributed by atoms with Crippen molar-refractivity contribution < 1.29 is 18.8 Å². The molecule has 0 spiro atoms. The van der Waals surface area contributed by atoms with Crippen LogP contribution in [0.25, 0.3) is 0 Å². The molecule has 0 heterocycles. The van der Waals surface area contributed by atoms with Crippen LogP contribution in [0.2, 0.25) is 18.1 Å². The number of hydrogen-bond acceptors (Lipinski definition) is 4. The van der Waals surface area contributed by atoms with Crippen LogP contribution < -0.4 is 0 Å². The number of carbonyl (C=O) groups is 2. The third-order valence-corrected chi connectivity index (χ3v) is 9.76. The standard InChI is InChI=1S/C17H32O4Si/c1-8-20-15(19)17(10-9-13(2)11-14(17)18)12-21-22(6,7)16(3,4)5/h13H,8-12H2,1-7H3/t13-,17-/m1/s1. The molecule has 0 N–H and O–H groups in total. The van der Waals surface area contributed by atoms with Crippen molar-refractivity contribution in [3.63, 3.8) is 0 Å². The van der Waals surface area contributed by atoms with Gasteiger partial charge in [-0.2, -0.15) is 0 Å². The fraction of sp³-hybridized carbons (Fsp3) is 0.882. The SMILES string of the molecule is CCOC(=O)[C@@]1(CO[Si](C)(C)C(C)(C)C)CC[C@@H](C)CC1=O. The van der Waals surface area contributed by atoms with Crippen LogP contribution in [0.3, 0.4) is 0 Å². The maximum absolute atomic E-state index is 12.6. The molecule has 4 nitrogen and oxygen atoms in total. The highest BCUT2D eigenvalue weighted by atomic mass is 28.4. The highest BCUT2D eigenvalue weighted by molar-refractivity contribution is 6.74. The molecule has 0 aromatic heterocycles. The lowest BCUT2D eigenvalue weighted by Crippen LogP contribution is -2.52. The first-order valence-electron chi connectivity index (χ1n) is 8.31. The first-order valence-corrected chi connectivity index (χ1v) is 11.2. The molecule has 0 amide bonds. The Kier molecular flexibility index (Phi) is 6.01. The summed E-state index contributed by atoms with van der Waals surface area (Å²) in [6.45, 7) is 15.0. The predicted octanol–water partition coefficient (Wildman–Crippen LogP) is 3.95. The summed E-state index contributed by atoms with van der Waals surface area (Å²) in [5, 5.41) is 0.0495. The molecule has 1 aliphatic carbocycles. The molecule has 0 unspecified atom stereocenters. The number of ether oxygens (including phenoxy) is 1. The summed E-state index contributed by atoms with van der Waals surface area (Å²) < 4.78 is 11.4. The molecule has 1 fully saturated rings. The Morgan fingerprint density at radius 3 is 2.41 bits per heavy atom. The van der Waals surface area contributed by atoms with Gasteiger partial charge in [-0.3, -0.25) is 9.59 Å². The lowest BCUT2D eigenvalue weighted by molar-refractivity contribution is -0.165. The quantitative estimate of drug-likeness (QED) is 0.436. The van der Waals surface area contributed by atoms with Gasteiger partial charge in [0.15, 0.2) is 14.1 Å². The molecule has 22 heavy (non-hydrogen) atoms. The second kappa shape index (κ2) is 6.83. The molecule has 0 bridgehead atoms. The van der Waals surface area contributed by atoms with Gasteiger partial charge in [0.05, 0.1) is 13.2 Å². The normalized spacial score (nSPS) is 26.9. The van der Waals surface area contributed by atoms with Gasteiger partial charge in [0.25, 0.3) is 0 Å². The maximum Gasteiger partial charge on any atom is 0.321 e. The van der Waals surface area contributed by atoms with E-state index < -0.39 is 19.7 Å². The molecule has 0 aliphatic heterocycles. The van der Waals surface area contributed by atoms with Crippen LogP contribution in [-0.4, -0.2) is 33.3 Å². The van der Waals surface area contributed by atoms with E-state index in [9.17, 15) is 9.59 Å². The first-order chi connectivity index (χ1) is 9.96. The van der Waals surface area contributed by atoms with Crippen molar-refractivity contribution in [1.29, 1.82) is 0 Å². The van der Waals surface area contributed by atoms with E-state index in [-0.39, 0.29) is 17.4 Å². The van der Waals surface area contributed by atoms with Crippen LogP contribution in [0.1, 0.15) is 53.9 Å². The molecule has 0 radical (unpaired) electrons. The third kappa shape index (κ3) is 3.99. The average Bonchev–Trinajstić information content (AvgIpc) is 2.37. The fourth-order valence-electron chi connectivity index (χ4n) is 2.46. The van der Waals surface area contributed by atoms with E-state index in [1.807, 2.05) is 0 Å². The Hall–Kier alpha value is -0.683. The van der Waals surface area contributed by atoms with Gasteiger partial charge in [-0.1, -0.05) is 27.7 Å². The summed E-state index contributed by atoms with van der Waals surface area (Å²) in [5.74, 6) is -0.0723. The van der Waals surface area contributed by atoms with Crippen molar-refractivity contribution in [2.45, 2.75) is 72.0 Å². The van der Waals surface area contributed by atoms with Gasteiger partial charge in [-0.05, 0) is 43.8 Å². The summed E-state index contributed by atoms with van der Waals surface area (Å²) in [5.41, 5.74) is -1.09. The second-order valence-corrected chi connectivity index (χ2v) is 12.9. The van der Waals surface area contributed by atoms with E-state index in [1.54, 1.807) is 6.92 Å². The van der Waals surface area contributed by atoms with Gasteiger partial charge in [-0.15, -0.1) is 0 Å². The van der Waals surface area contributed by atoms with Crippen LogP contribution in [0.4, 0.5) is 0 Å². The zero-order valence-corrected chi connectivity index (χ0v) is 16.2. The molecular formula is C17H32O4Si. The van der Waals surface area contributed by atoms with Gasteiger partial charge in [0.1, 0.15) is 5.41 Å². The van der Waals surface area contributed by atoms with Crippen LogP contribution >= 0.6 is 0 Å². The molecule has 1 saturated carbocycles. The summed E-state index contributed by atoms with van der Waals surface area (Å²) in [6, 6.07) is 0. The Balaban J connectivity index is 2.98. The smallest absolute Gasteiger partial charge is 0.321 e. The Morgan fingerprint density at radius 1 is 1.36 bits per heavy atom. The Labute approximate surface area is 136 Å². The molecular weight excluding hydrogens is 296 g/mol. The number of carbonyl (C=O) groups excluding carboxylic acids is 2. The van der Waals surface area contributed by atoms with E-state index in [0.717, 1.165) is 6.42 Å². The van der Waals surface area contributed by atoms with Crippen LogP contribution in [0.15, 0.2) is 0 Å². The number of hydrogen-bond donors (Lipinski definition) is 0. The molecule has 1 rings (SSSR count). The van der Waals surface area contributed by atoms with Crippen molar-refractivity contribution in [3.05, 3.63) is 0 Å². The molecule has 128 valence electrons. The maximum atomic E-state index is 12.6. The number of Topliss-reactive ketones (excluding diaryl/α,β-unsaturated/α-hetero) is 1. The third-order valence-electron chi connectivity index (χ3n) is 5.28. The largest absolute Gasteiger partial charge is 0.465 e. The van der Waals surface area contributed by atoms with Crippen molar-refractivity contribution in [2.24, 2.45) is 11.3 Å². The second-order valence-electron chi connectivity index (χ2n) is 8.12. The average molecular weight is 329 g/mol. The highest BCUT2D eigenvalue weighted by Crippen LogP contribution is 2.41. The molecule has 1 aliphatic rings. The molecule has 0 aromatic carbocycles. The van der Waals surface area contributed by atoms with E-state index >= 15 is 0 Å². The number of rotatable bonds is 5. The topological polar surface area (TPSA) is 52.6 Å². The number of ketones is 1. The monoisotopic (exact) mass is 328 g/mol. The van der Waals surface area contributed by atoms with Crippen LogP contribution in [-0.2, 0) is 18.8 Å². The Morgan fingerprint density at radius 2 is 1.95 bits per heavy atom. The predicted molar refractivity (Wildman–Crippen MR) is 90.2 cm³/mol. The van der Waals surface area contributed by atoms with Gasteiger partial charge < -0.3 is 9.16 Å². The lowest BCUT2D eigenvalue weighted by atomic mass is 9.70. The van der Waals surface area contributed by atoms with Crippen molar-refractivity contribution in [2.75, 3.05) is 13.2 Å². The Bertz CT molecular complexity index is 415. The molecule has 0 aromatic rings. The summed E-state index contributed by atoms with van der Waals surface area (Å²) in [6.07, 6.45) is 1.85. The van der Waals surface area contributed by atoms with Crippen molar-refractivity contribution >= 4 is 20.1 Å². The van der Waals surface area contributed by atoms with Gasteiger partial charge in [0.2, 0.25) is 0 Å². The van der Waals surface area contributed by atoms with Crippen molar-refractivity contribution in [1.82, 2.24) is 0 Å². The summed E-state index contributed by atoms with van der Waals surface area (Å²) >= 11 is 0. The number of esters is 1. The van der Waals surface area contributed by atoms with E-state index in [4.69, 9.17) is 9.16 Å².